The summed E-state index contributed by atoms with van der Waals surface area (Å²) in [6, 6.07) is 18.1. The molecule has 29 heavy (non-hydrogen) atoms. The van der Waals surface area contributed by atoms with Gasteiger partial charge in [-0.2, -0.15) is 0 Å². The second-order valence-corrected chi connectivity index (χ2v) is 8.24. The van der Waals surface area contributed by atoms with Crippen molar-refractivity contribution in [1.29, 1.82) is 0 Å². The summed E-state index contributed by atoms with van der Waals surface area (Å²) in [5, 5.41) is 0. The Morgan fingerprint density at radius 3 is 2.10 bits per heavy atom. The molecule has 0 spiro atoms. The molecule has 1 nitrogen and oxygen atoms in total. The molecule has 2 aromatic carbocycles. The van der Waals surface area contributed by atoms with Crippen LogP contribution in [0.25, 0.3) is 11.1 Å². The fraction of sp³-hybridized carbons (Fsp3) is 0.429. The van der Waals surface area contributed by atoms with Gasteiger partial charge >= 0.3 is 0 Å². The van der Waals surface area contributed by atoms with E-state index in [-0.39, 0.29) is 0 Å². The summed E-state index contributed by atoms with van der Waals surface area (Å²) < 4.78 is 5.63. The van der Waals surface area contributed by atoms with Crippen molar-refractivity contribution in [3.8, 4) is 11.1 Å². The van der Waals surface area contributed by atoms with Crippen LogP contribution in [0.1, 0.15) is 69.4 Å². The average molecular weight is 389 g/mol. The molecule has 0 saturated heterocycles. The largest absolute Gasteiger partial charge is 0.373 e. The molecule has 1 aliphatic rings. The zero-order valence-electron chi connectivity index (χ0n) is 18.1. The van der Waals surface area contributed by atoms with Crippen LogP contribution in [0.15, 0.2) is 72.8 Å². The van der Waals surface area contributed by atoms with Crippen LogP contribution < -0.4 is 0 Å². The Kier molecular flexibility index (Phi) is 8.77. The summed E-state index contributed by atoms with van der Waals surface area (Å²) in [4.78, 5) is 0. The highest BCUT2D eigenvalue weighted by Crippen LogP contribution is 2.37. The summed E-state index contributed by atoms with van der Waals surface area (Å²) >= 11 is 0. The number of rotatable bonds is 9. The third kappa shape index (κ3) is 6.72. The van der Waals surface area contributed by atoms with Gasteiger partial charge in [-0.05, 0) is 79.5 Å². The van der Waals surface area contributed by atoms with Crippen LogP contribution in [0.3, 0.4) is 0 Å². The van der Waals surface area contributed by atoms with Gasteiger partial charge in [-0.25, -0.2) is 0 Å². The van der Waals surface area contributed by atoms with E-state index >= 15 is 0 Å². The Labute approximate surface area is 177 Å². The van der Waals surface area contributed by atoms with E-state index in [9.17, 15) is 0 Å². The van der Waals surface area contributed by atoms with Gasteiger partial charge in [0.25, 0.3) is 0 Å². The van der Waals surface area contributed by atoms with Crippen molar-refractivity contribution < 1.29 is 4.74 Å². The summed E-state index contributed by atoms with van der Waals surface area (Å²) in [5.41, 5.74) is 5.32. The number of ether oxygens (including phenoxy) is 1. The molecule has 0 radical (unpaired) electrons. The van der Waals surface area contributed by atoms with Crippen LogP contribution in [0, 0.1) is 5.92 Å². The quantitative estimate of drug-likeness (QED) is 0.311. The van der Waals surface area contributed by atoms with Crippen LogP contribution in [-0.2, 0) is 11.3 Å². The van der Waals surface area contributed by atoms with Gasteiger partial charge in [0, 0.05) is 0 Å². The third-order valence-corrected chi connectivity index (χ3v) is 6.11. The van der Waals surface area contributed by atoms with Gasteiger partial charge in [-0.1, -0.05) is 79.8 Å². The molecule has 154 valence electrons. The van der Waals surface area contributed by atoms with E-state index in [1.165, 1.54) is 54.4 Å². The molecule has 2 aromatic rings. The Hall–Kier alpha value is -2.12. The first-order chi connectivity index (χ1) is 14.3. The second-order valence-electron chi connectivity index (χ2n) is 8.24. The lowest BCUT2D eigenvalue weighted by Crippen LogP contribution is -2.12. The van der Waals surface area contributed by atoms with Crippen molar-refractivity contribution in [2.75, 3.05) is 6.61 Å². The van der Waals surface area contributed by atoms with Gasteiger partial charge < -0.3 is 4.74 Å². The summed E-state index contributed by atoms with van der Waals surface area (Å²) in [5.74, 6) is 1.64. The van der Waals surface area contributed by atoms with E-state index in [0.717, 1.165) is 18.3 Å². The Morgan fingerprint density at radius 2 is 1.48 bits per heavy atom. The van der Waals surface area contributed by atoms with E-state index in [4.69, 9.17) is 4.74 Å². The second kappa shape index (κ2) is 11.8. The standard InChI is InChI=1S/C28H36O/c1-3-5-7-8-23-9-13-25(14-10-23)27-17-19-28(20-18-27)26-15-11-24(12-16-26)22-29-21-6-4-2/h4-7,11-12,15-20,23,25H,3,8-10,13-14,21-22H2,1-2H3/b6-4+,7-5+. The molecule has 1 saturated carbocycles. The molecule has 0 atom stereocenters. The highest BCUT2D eigenvalue weighted by Gasteiger charge is 2.21. The predicted molar refractivity (Wildman–Crippen MR) is 125 cm³/mol. The van der Waals surface area contributed by atoms with Gasteiger partial charge in [-0.15, -0.1) is 0 Å². The molecule has 0 amide bonds. The molecular formula is C28H36O. The predicted octanol–water partition coefficient (Wildman–Crippen LogP) is 8.08. The molecule has 1 heteroatoms. The number of hydrogen-bond acceptors (Lipinski definition) is 1. The van der Waals surface area contributed by atoms with Crippen molar-refractivity contribution in [2.24, 2.45) is 5.92 Å². The van der Waals surface area contributed by atoms with Crippen LogP contribution >= 0.6 is 0 Å². The van der Waals surface area contributed by atoms with E-state index in [0.29, 0.717) is 13.2 Å². The topological polar surface area (TPSA) is 9.23 Å². The fourth-order valence-corrected chi connectivity index (χ4v) is 4.27. The minimum absolute atomic E-state index is 0.667. The smallest absolute Gasteiger partial charge is 0.0721 e. The van der Waals surface area contributed by atoms with Crippen molar-refractivity contribution >= 4 is 0 Å². The molecule has 0 aromatic heterocycles. The van der Waals surface area contributed by atoms with Crippen LogP contribution in [0.4, 0.5) is 0 Å². The Balaban J connectivity index is 1.52. The van der Waals surface area contributed by atoms with Crippen LogP contribution in [0.2, 0.25) is 0 Å². The maximum Gasteiger partial charge on any atom is 0.0721 e. The summed E-state index contributed by atoms with van der Waals surface area (Å²) in [6.45, 7) is 5.57. The highest BCUT2D eigenvalue weighted by molar-refractivity contribution is 5.64. The Morgan fingerprint density at radius 1 is 0.828 bits per heavy atom. The number of benzene rings is 2. The third-order valence-electron chi connectivity index (χ3n) is 6.11. The molecule has 0 N–H and O–H groups in total. The lowest BCUT2D eigenvalue weighted by Gasteiger charge is -2.28. The van der Waals surface area contributed by atoms with Crippen LogP contribution in [0.5, 0.6) is 0 Å². The molecule has 0 heterocycles. The average Bonchev–Trinajstić information content (AvgIpc) is 2.78. The zero-order valence-corrected chi connectivity index (χ0v) is 18.1. The van der Waals surface area contributed by atoms with Gasteiger partial charge in [0.1, 0.15) is 0 Å². The number of allylic oxidation sites excluding steroid dienone is 3. The number of hydrogen-bond donors (Lipinski definition) is 0. The monoisotopic (exact) mass is 388 g/mol. The van der Waals surface area contributed by atoms with Crippen molar-refractivity contribution in [3.05, 3.63) is 84.0 Å². The van der Waals surface area contributed by atoms with Gasteiger partial charge in [-0.3, -0.25) is 0 Å². The maximum absolute atomic E-state index is 5.63. The van der Waals surface area contributed by atoms with Gasteiger partial charge in [0.05, 0.1) is 13.2 Å². The maximum atomic E-state index is 5.63. The molecular weight excluding hydrogens is 352 g/mol. The van der Waals surface area contributed by atoms with Crippen molar-refractivity contribution in [1.82, 2.24) is 0 Å². The van der Waals surface area contributed by atoms with E-state index < -0.39 is 0 Å². The molecule has 3 rings (SSSR count). The molecule has 1 fully saturated rings. The molecule has 0 bridgehead atoms. The van der Waals surface area contributed by atoms with Crippen LogP contribution in [-0.4, -0.2) is 6.61 Å². The van der Waals surface area contributed by atoms with Crippen molar-refractivity contribution in [3.63, 3.8) is 0 Å². The van der Waals surface area contributed by atoms with E-state index in [2.05, 4.69) is 67.6 Å². The zero-order chi connectivity index (χ0) is 20.3. The molecule has 0 aliphatic heterocycles. The fourth-order valence-electron chi connectivity index (χ4n) is 4.27. The lowest BCUT2D eigenvalue weighted by molar-refractivity contribution is 0.148. The minimum Gasteiger partial charge on any atom is -0.373 e. The van der Waals surface area contributed by atoms with E-state index in [1.807, 2.05) is 19.1 Å². The normalized spacial score (nSPS) is 19.9. The summed E-state index contributed by atoms with van der Waals surface area (Å²) in [6.07, 6.45) is 16.6. The summed E-state index contributed by atoms with van der Waals surface area (Å²) in [7, 11) is 0. The first-order valence-electron chi connectivity index (χ1n) is 11.3. The first kappa shape index (κ1) is 21.6. The minimum atomic E-state index is 0.667. The Bertz CT molecular complexity index is 759. The van der Waals surface area contributed by atoms with Crippen molar-refractivity contribution in [2.45, 2.75) is 64.9 Å². The SMILES string of the molecule is C/C=C/COCc1ccc(-c2ccc(C3CCC(C/C=C/CC)CC3)cc2)cc1. The highest BCUT2D eigenvalue weighted by atomic mass is 16.5. The lowest BCUT2D eigenvalue weighted by atomic mass is 9.77. The van der Waals surface area contributed by atoms with Gasteiger partial charge in [0.2, 0.25) is 0 Å². The van der Waals surface area contributed by atoms with E-state index in [1.54, 1.807) is 0 Å². The molecule has 1 aliphatic carbocycles. The first-order valence-corrected chi connectivity index (χ1v) is 11.3. The van der Waals surface area contributed by atoms with Gasteiger partial charge in [0.15, 0.2) is 0 Å². The molecule has 0 unspecified atom stereocenters.